The van der Waals surface area contributed by atoms with E-state index in [1.165, 1.54) is 64.6 Å². The van der Waals surface area contributed by atoms with Crippen LogP contribution in [-0.4, -0.2) is 48.3 Å². The Kier molecular flexibility index (Phi) is 4.92. The molecule has 0 amide bonds. The molecular weight excluding hydrogens is 260 g/mol. The summed E-state index contributed by atoms with van der Waals surface area (Å²) < 4.78 is 0. The lowest BCUT2D eigenvalue weighted by Gasteiger charge is -2.44. The Morgan fingerprint density at radius 3 is 2.67 bits per heavy atom. The molecule has 3 heteroatoms. The Morgan fingerprint density at radius 1 is 1.19 bits per heavy atom. The summed E-state index contributed by atoms with van der Waals surface area (Å²) in [6, 6.07) is 1.21. The molecule has 3 fully saturated rings. The molecule has 3 nitrogen and oxygen atoms in total. The average molecular weight is 294 g/mol. The van der Waals surface area contributed by atoms with Gasteiger partial charge in [-0.05, 0) is 55.9 Å². The summed E-state index contributed by atoms with van der Waals surface area (Å²) in [6.45, 7) is 8.66. The highest BCUT2D eigenvalue weighted by Crippen LogP contribution is 2.41. The van der Waals surface area contributed by atoms with Crippen molar-refractivity contribution in [1.29, 1.82) is 0 Å². The quantitative estimate of drug-likeness (QED) is 0.790. The van der Waals surface area contributed by atoms with Crippen LogP contribution in [0, 0.1) is 17.3 Å². The van der Waals surface area contributed by atoms with Crippen LogP contribution in [0.2, 0.25) is 0 Å². The first kappa shape index (κ1) is 15.8. The third-order valence-corrected chi connectivity index (χ3v) is 6.25. The van der Waals surface area contributed by atoms with Crippen LogP contribution in [0.3, 0.4) is 0 Å². The molecular formula is C18H34N2O. The molecule has 0 bridgehead atoms. The maximum atomic E-state index is 9.74. The molecule has 122 valence electrons. The number of nitrogens with zero attached hydrogens (tertiary/aromatic N) is 1. The lowest BCUT2D eigenvalue weighted by atomic mass is 9.69. The van der Waals surface area contributed by atoms with Crippen molar-refractivity contribution in [2.45, 2.75) is 70.9 Å². The second-order valence-corrected chi connectivity index (χ2v) is 8.34. The Balaban J connectivity index is 1.65. The summed E-state index contributed by atoms with van der Waals surface area (Å²) in [6.07, 6.45) is 9.56. The predicted molar refractivity (Wildman–Crippen MR) is 87.3 cm³/mol. The van der Waals surface area contributed by atoms with Gasteiger partial charge in [0.15, 0.2) is 0 Å². The van der Waals surface area contributed by atoms with Gasteiger partial charge in [-0.3, -0.25) is 4.90 Å². The van der Waals surface area contributed by atoms with Crippen molar-refractivity contribution in [3.63, 3.8) is 0 Å². The molecule has 2 aliphatic carbocycles. The van der Waals surface area contributed by atoms with E-state index in [4.69, 9.17) is 0 Å². The molecule has 3 aliphatic rings. The van der Waals surface area contributed by atoms with Gasteiger partial charge in [0.25, 0.3) is 0 Å². The molecule has 1 heterocycles. The number of rotatable bonds is 6. The molecule has 4 unspecified atom stereocenters. The molecule has 3 rings (SSSR count). The van der Waals surface area contributed by atoms with Crippen LogP contribution < -0.4 is 5.32 Å². The van der Waals surface area contributed by atoms with Crippen LogP contribution in [0.5, 0.6) is 0 Å². The van der Waals surface area contributed by atoms with E-state index in [1.54, 1.807) is 0 Å². The second-order valence-electron chi connectivity index (χ2n) is 8.34. The third-order valence-electron chi connectivity index (χ3n) is 6.25. The largest absolute Gasteiger partial charge is 0.395 e. The van der Waals surface area contributed by atoms with Gasteiger partial charge in [0, 0.05) is 25.2 Å². The highest BCUT2D eigenvalue weighted by molar-refractivity contribution is 4.96. The minimum absolute atomic E-state index is 0.336. The lowest BCUT2D eigenvalue weighted by Crippen LogP contribution is -2.49. The van der Waals surface area contributed by atoms with E-state index in [2.05, 4.69) is 24.1 Å². The first-order valence-corrected chi connectivity index (χ1v) is 9.20. The maximum absolute atomic E-state index is 9.74. The fourth-order valence-corrected chi connectivity index (χ4v) is 4.79. The molecule has 0 aromatic rings. The number of hydrogen-bond acceptors (Lipinski definition) is 3. The predicted octanol–water partition coefficient (Wildman–Crippen LogP) is 2.64. The van der Waals surface area contributed by atoms with E-state index >= 15 is 0 Å². The van der Waals surface area contributed by atoms with E-state index < -0.39 is 0 Å². The molecule has 1 saturated heterocycles. The monoisotopic (exact) mass is 294 g/mol. The van der Waals surface area contributed by atoms with Gasteiger partial charge >= 0.3 is 0 Å². The van der Waals surface area contributed by atoms with Gasteiger partial charge in [-0.25, -0.2) is 0 Å². The maximum Gasteiger partial charge on any atom is 0.0589 e. The summed E-state index contributed by atoms with van der Waals surface area (Å²) in [5.74, 6) is 1.52. The number of aliphatic hydroxyl groups excluding tert-OH is 1. The Morgan fingerprint density at radius 2 is 2.00 bits per heavy atom. The summed E-state index contributed by atoms with van der Waals surface area (Å²) in [5, 5.41) is 13.6. The third kappa shape index (κ3) is 3.80. The summed E-state index contributed by atoms with van der Waals surface area (Å²) in [7, 11) is 0. The first-order valence-electron chi connectivity index (χ1n) is 9.20. The van der Waals surface area contributed by atoms with Crippen LogP contribution in [0.1, 0.15) is 58.8 Å². The summed E-state index contributed by atoms with van der Waals surface area (Å²) in [4.78, 5) is 2.61. The molecule has 0 aromatic carbocycles. The van der Waals surface area contributed by atoms with Crippen LogP contribution >= 0.6 is 0 Å². The molecule has 4 atom stereocenters. The number of nitrogens with one attached hydrogen (secondary N) is 1. The van der Waals surface area contributed by atoms with Crippen molar-refractivity contribution < 1.29 is 5.11 Å². The van der Waals surface area contributed by atoms with E-state index in [9.17, 15) is 5.11 Å². The molecule has 1 aliphatic heterocycles. The average Bonchev–Trinajstić information content (AvgIpc) is 3.22. The smallest absolute Gasteiger partial charge is 0.0589 e. The lowest BCUT2D eigenvalue weighted by molar-refractivity contribution is 0.0515. The van der Waals surface area contributed by atoms with E-state index in [-0.39, 0.29) is 0 Å². The molecule has 2 N–H and O–H groups in total. The first-order chi connectivity index (χ1) is 10.1. The van der Waals surface area contributed by atoms with Crippen molar-refractivity contribution in [2.24, 2.45) is 17.3 Å². The van der Waals surface area contributed by atoms with Crippen molar-refractivity contribution in [2.75, 3.05) is 26.2 Å². The Hall–Kier alpha value is -0.120. The standard InChI is InChI=1S/C18H34N2O/c1-14-4-3-8-18(10-14,12-19-16-5-6-16)13-20-9-7-15(2)17(20)11-21/h14-17,19,21H,3-13H2,1-2H3. The van der Waals surface area contributed by atoms with Crippen molar-refractivity contribution in [3.8, 4) is 0 Å². The van der Waals surface area contributed by atoms with E-state index in [0.29, 0.717) is 24.0 Å². The highest BCUT2D eigenvalue weighted by atomic mass is 16.3. The highest BCUT2D eigenvalue weighted by Gasteiger charge is 2.41. The van der Waals surface area contributed by atoms with E-state index in [0.717, 1.165) is 12.0 Å². The van der Waals surface area contributed by atoms with Crippen molar-refractivity contribution in [3.05, 3.63) is 0 Å². The van der Waals surface area contributed by atoms with Crippen molar-refractivity contribution in [1.82, 2.24) is 10.2 Å². The second kappa shape index (κ2) is 6.55. The summed E-state index contributed by atoms with van der Waals surface area (Å²) >= 11 is 0. The molecule has 2 saturated carbocycles. The SMILES string of the molecule is CC1CCCC(CNC2CC2)(CN2CCC(C)C2CO)C1. The van der Waals surface area contributed by atoms with Crippen LogP contribution in [0.4, 0.5) is 0 Å². The van der Waals surface area contributed by atoms with Gasteiger partial charge in [0.1, 0.15) is 0 Å². The fourth-order valence-electron chi connectivity index (χ4n) is 4.79. The van der Waals surface area contributed by atoms with Gasteiger partial charge in [-0.1, -0.05) is 26.7 Å². The van der Waals surface area contributed by atoms with E-state index in [1.807, 2.05) is 0 Å². The zero-order chi connectivity index (χ0) is 14.9. The van der Waals surface area contributed by atoms with Crippen LogP contribution in [-0.2, 0) is 0 Å². The van der Waals surface area contributed by atoms with Crippen LogP contribution in [0.15, 0.2) is 0 Å². The zero-order valence-electron chi connectivity index (χ0n) is 14.0. The van der Waals surface area contributed by atoms with Gasteiger partial charge in [-0.2, -0.15) is 0 Å². The zero-order valence-corrected chi connectivity index (χ0v) is 14.0. The minimum Gasteiger partial charge on any atom is -0.395 e. The fraction of sp³-hybridized carbons (Fsp3) is 1.00. The topological polar surface area (TPSA) is 35.5 Å². The van der Waals surface area contributed by atoms with Gasteiger partial charge in [0.2, 0.25) is 0 Å². The minimum atomic E-state index is 0.336. The molecule has 0 radical (unpaired) electrons. The number of aliphatic hydroxyl groups is 1. The van der Waals surface area contributed by atoms with Gasteiger partial charge in [0.05, 0.1) is 6.61 Å². The van der Waals surface area contributed by atoms with Crippen molar-refractivity contribution >= 4 is 0 Å². The van der Waals surface area contributed by atoms with Crippen LogP contribution in [0.25, 0.3) is 0 Å². The Bertz CT molecular complexity index is 344. The molecule has 0 spiro atoms. The summed E-state index contributed by atoms with van der Waals surface area (Å²) in [5.41, 5.74) is 0.456. The normalized spacial score (nSPS) is 41.6. The number of hydrogen-bond donors (Lipinski definition) is 2. The molecule has 0 aromatic heterocycles. The van der Waals surface area contributed by atoms with Gasteiger partial charge in [-0.15, -0.1) is 0 Å². The van der Waals surface area contributed by atoms with Gasteiger partial charge < -0.3 is 10.4 Å². The molecule has 21 heavy (non-hydrogen) atoms. The number of likely N-dealkylation sites (tertiary alicyclic amines) is 1. The Labute approximate surface area is 130 Å².